The Morgan fingerprint density at radius 3 is 2.03 bits per heavy atom. The van der Waals surface area contributed by atoms with Crippen LogP contribution in [0.5, 0.6) is 0 Å². The second-order valence-electron chi connectivity index (χ2n) is 8.24. The van der Waals surface area contributed by atoms with E-state index in [1.165, 1.54) is 12.8 Å². The van der Waals surface area contributed by atoms with Crippen molar-refractivity contribution in [3.63, 3.8) is 0 Å². The second-order valence-corrected chi connectivity index (χ2v) is 8.24. The molecule has 1 aliphatic carbocycles. The molecule has 2 fully saturated rings. The van der Waals surface area contributed by atoms with E-state index in [4.69, 9.17) is 0 Å². The van der Waals surface area contributed by atoms with Crippen molar-refractivity contribution in [3.05, 3.63) is 29.8 Å². The van der Waals surface area contributed by atoms with Crippen molar-refractivity contribution in [3.8, 4) is 0 Å². The molecule has 1 aromatic carbocycles. The van der Waals surface area contributed by atoms with Crippen LogP contribution >= 0.6 is 23.3 Å². The van der Waals surface area contributed by atoms with Crippen LogP contribution in [-0.4, -0.2) is 30.8 Å². The summed E-state index contributed by atoms with van der Waals surface area (Å²) in [5.74, 6) is 1.96. The molecular weight excluding hydrogens is 412 g/mol. The lowest BCUT2D eigenvalue weighted by molar-refractivity contribution is -0.124. The number of amides is 1. The lowest BCUT2D eigenvalue weighted by Gasteiger charge is -2.32. The molecule has 1 saturated heterocycles. The second kappa shape index (κ2) is 14.2. The molecule has 3 unspecified atom stereocenters. The smallest absolute Gasteiger partial charge is 0.235 e. The molecule has 0 bridgehead atoms. The largest absolute Gasteiger partial charge is 0.317 e. The quantitative estimate of drug-likeness (QED) is 0.408. The summed E-state index contributed by atoms with van der Waals surface area (Å²) in [5.41, 5.74) is 2.03. The summed E-state index contributed by atoms with van der Waals surface area (Å²) in [5, 5.41) is 3.33. The van der Waals surface area contributed by atoms with Crippen molar-refractivity contribution >= 4 is 40.7 Å². The first kappa shape index (κ1) is 27.1. The van der Waals surface area contributed by atoms with Crippen molar-refractivity contribution in [2.45, 2.75) is 78.7 Å². The molecule has 170 valence electrons. The minimum absolute atomic E-state index is 0.0744. The molecule has 3 atom stereocenters. The fraction of sp³-hybridized carbons (Fsp3) is 0.667. The van der Waals surface area contributed by atoms with E-state index in [9.17, 15) is 9.59 Å². The van der Waals surface area contributed by atoms with E-state index >= 15 is 0 Å². The van der Waals surface area contributed by atoms with Crippen molar-refractivity contribution < 1.29 is 9.59 Å². The van der Waals surface area contributed by atoms with E-state index in [-0.39, 0.29) is 23.7 Å². The SMILES string of the molecule is CC.CC(=O)CC1C(=O)N(C2CCNCC2)c2ccccc21.CC1CCC1C.SS. The normalized spacial score (nSPS) is 24.7. The van der Waals surface area contributed by atoms with Crippen LogP contribution in [-0.2, 0) is 9.59 Å². The van der Waals surface area contributed by atoms with Crippen molar-refractivity contribution in [2.24, 2.45) is 11.8 Å². The summed E-state index contributed by atoms with van der Waals surface area (Å²) in [6, 6.07) is 8.18. The van der Waals surface area contributed by atoms with Gasteiger partial charge < -0.3 is 10.2 Å². The zero-order chi connectivity index (χ0) is 22.7. The minimum Gasteiger partial charge on any atom is -0.317 e. The van der Waals surface area contributed by atoms with Gasteiger partial charge in [-0.05, 0) is 56.3 Å². The summed E-state index contributed by atoms with van der Waals surface area (Å²) >= 11 is 6.44. The van der Waals surface area contributed by atoms with Gasteiger partial charge in [0.15, 0.2) is 0 Å². The number of ketones is 1. The van der Waals surface area contributed by atoms with Crippen LogP contribution in [0, 0.1) is 11.8 Å². The van der Waals surface area contributed by atoms with Crippen LogP contribution in [0.2, 0.25) is 0 Å². The number of piperidine rings is 1. The molecule has 1 saturated carbocycles. The summed E-state index contributed by atoms with van der Waals surface area (Å²) in [7, 11) is 0. The van der Waals surface area contributed by atoms with E-state index < -0.39 is 0 Å². The minimum atomic E-state index is -0.279. The molecule has 1 N–H and O–H groups in total. The Hall–Kier alpha value is -0.980. The van der Waals surface area contributed by atoms with Crippen LogP contribution in [0.3, 0.4) is 0 Å². The molecular formula is C24H40N2O2S2. The number of fused-ring (bicyclic) bond motifs is 1. The fourth-order valence-corrected chi connectivity index (χ4v) is 4.18. The number of nitrogens with one attached hydrogen (secondary N) is 1. The Kier molecular flexibility index (Phi) is 12.8. The third kappa shape index (κ3) is 7.03. The average molecular weight is 453 g/mol. The Balaban J connectivity index is 0.000000378. The summed E-state index contributed by atoms with van der Waals surface area (Å²) in [6.45, 7) is 12.1. The van der Waals surface area contributed by atoms with Gasteiger partial charge in [0.25, 0.3) is 0 Å². The van der Waals surface area contributed by atoms with E-state index in [0.29, 0.717) is 6.42 Å². The zero-order valence-electron chi connectivity index (χ0n) is 19.2. The number of Topliss-reactive ketones (excluding diaryl/α,β-unsaturated/α-hetero) is 1. The standard InChI is InChI=1S/C16H20N2O2.C6H12.C2H6.H2S2/c1-11(19)10-14-13-4-2-3-5-15(13)18(16(14)20)12-6-8-17-9-7-12;1-5-3-4-6(5)2;2*1-2/h2-5,12,14,17H,6-10H2,1H3;5-6H,3-4H2,1-2H3;1-2H3;1-2H. The number of anilines is 1. The fourth-order valence-electron chi connectivity index (χ4n) is 4.18. The zero-order valence-corrected chi connectivity index (χ0v) is 21.0. The van der Waals surface area contributed by atoms with Crippen molar-refractivity contribution in [1.82, 2.24) is 5.32 Å². The van der Waals surface area contributed by atoms with Crippen LogP contribution in [0.15, 0.2) is 24.3 Å². The van der Waals surface area contributed by atoms with Gasteiger partial charge >= 0.3 is 0 Å². The number of carbonyl (C=O) groups excluding carboxylic acids is 2. The predicted octanol–water partition coefficient (Wildman–Crippen LogP) is 5.69. The molecule has 0 radical (unpaired) electrons. The highest BCUT2D eigenvalue weighted by Gasteiger charge is 2.40. The number of benzene rings is 1. The summed E-state index contributed by atoms with van der Waals surface area (Å²) < 4.78 is 0. The average Bonchev–Trinajstić information content (AvgIpc) is 3.07. The highest BCUT2D eigenvalue weighted by Crippen LogP contribution is 2.41. The van der Waals surface area contributed by atoms with Crippen LogP contribution in [0.1, 0.15) is 78.2 Å². The summed E-state index contributed by atoms with van der Waals surface area (Å²) in [4.78, 5) is 26.2. The Morgan fingerprint density at radius 2 is 1.57 bits per heavy atom. The monoisotopic (exact) mass is 452 g/mol. The molecule has 0 aromatic heterocycles. The van der Waals surface area contributed by atoms with E-state index in [1.807, 2.05) is 43.0 Å². The van der Waals surface area contributed by atoms with E-state index in [2.05, 4.69) is 42.5 Å². The molecule has 30 heavy (non-hydrogen) atoms. The molecule has 6 heteroatoms. The van der Waals surface area contributed by atoms with Crippen LogP contribution in [0.25, 0.3) is 0 Å². The first-order valence-electron chi connectivity index (χ1n) is 11.3. The Labute approximate surface area is 193 Å². The Morgan fingerprint density at radius 1 is 1.03 bits per heavy atom. The third-order valence-electron chi connectivity index (χ3n) is 6.32. The van der Waals surface area contributed by atoms with Gasteiger partial charge in [-0.1, -0.05) is 58.7 Å². The first-order valence-corrected chi connectivity index (χ1v) is 12.9. The van der Waals surface area contributed by atoms with Gasteiger partial charge in [-0.2, -0.15) is 0 Å². The molecule has 3 aliphatic rings. The highest BCUT2D eigenvalue weighted by atomic mass is 33.1. The lowest BCUT2D eigenvalue weighted by atomic mass is 9.77. The van der Waals surface area contributed by atoms with Gasteiger partial charge in [0.05, 0.1) is 5.92 Å². The first-order chi connectivity index (χ1) is 14.5. The number of carbonyl (C=O) groups is 2. The third-order valence-corrected chi connectivity index (χ3v) is 6.32. The molecule has 2 heterocycles. The molecule has 4 nitrogen and oxygen atoms in total. The van der Waals surface area contributed by atoms with Crippen LogP contribution < -0.4 is 10.2 Å². The van der Waals surface area contributed by atoms with Gasteiger partial charge in [-0.15, -0.1) is 23.3 Å². The maximum atomic E-state index is 12.8. The van der Waals surface area contributed by atoms with Crippen molar-refractivity contribution in [2.75, 3.05) is 18.0 Å². The number of nitrogens with zero attached hydrogens (tertiary/aromatic N) is 1. The van der Waals surface area contributed by atoms with Gasteiger partial charge in [0.1, 0.15) is 5.78 Å². The van der Waals surface area contributed by atoms with E-state index in [0.717, 1.165) is 49.0 Å². The topological polar surface area (TPSA) is 49.4 Å². The maximum absolute atomic E-state index is 12.8. The summed E-state index contributed by atoms with van der Waals surface area (Å²) in [6.07, 6.45) is 5.22. The molecule has 2 aliphatic heterocycles. The number of thiol groups is 2. The number of hydrogen-bond acceptors (Lipinski definition) is 5. The van der Waals surface area contributed by atoms with Crippen LogP contribution in [0.4, 0.5) is 5.69 Å². The number of hydrogen-bond donors (Lipinski definition) is 3. The van der Waals surface area contributed by atoms with Crippen molar-refractivity contribution in [1.29, 1.82) is 0 Å². The molecule has 4 rings (SSSR count). The lowest BCUT2D eigenvalue weighted by Crippen LogP contribution is -2.45. The number of para-hydroxylation sites is 1. The molecule has 1 aromatic rings. The molecule has 0 spiro atoms. The van der Waals surface area contributed by atoms with Gasteiger partial charge in [-0.3, -0.25) is 9.59 Å². The Bertz CT molecular complexity index is 654. The van der Waals surface area contributed by atoms with Gasteiger partial charge in [0.2, 0.25) is 5.91 Å². The maximum Gasteiger partial charge on any atom is 0.235 e. The van der Waals surface area contributed by atoms with E-state index in [1.54, 1.807) is 6.92 Å². The van der Waals surface area contributed by atoms with Gasteiger partial charge in [-0.25, -0.2) is 0 Å². The predicted molar refractivity (Wildman–Crippen MR) is 135 cm³/mol. The number of rotatable bonds is 3. The molecule has 1 amide bonds. The highest BCUT2D eigenvalue weighted by molar-refractivity contribution is 8.59. The van der Waals surface area contributed by atoms with Gasteiger partial charge in [0, 0.05) is 18.2 Å².